The summed E-state index contributed by atoms with van der Waals surface area (Å²) in [6.07, 6.45) is 4.13. The molecule has 0 unspecified atom stereocenters. The van der Waals surface area contributed by atoms with Gasteiger partial charge in [-0.25, -0.2) is 4.98 Å². The lowest BCUT2D eigenvalue weighted by Crippen LogP contribution is -2.01. The van der Waals surface area contributed by atoms with E-state index in [-0.39, 0.29) is 0 Å². The number of pyridine rings is 1. The standard InChI is InChI=1S/C12H20N2O/c1-3-5-8-15-10-11-6-7-14-12(9-11)13-4-2/h6-7,9H,3-5,8,10H2,1-2H3,(H,13,14). The van der Waals surface area contributed by atoms with Crippen molar-refractivity contribution in [1.82, 2.24) is 4.98 Å². The smallest absolute Gasteiger partial charge is 0.126 e. The molecule has 1 N–H and O–H groups in total. The van der Waals surface area contributed by atoms with Gasteiger partial charge in [0.05, 0.1) is 6.61 Å². The molecule has 15 heavy (non-hydrogen) atoms. The molecule has 0 bridgehead atoms. The quantitative estimate of drug-likeness (QED) is 0.700. The van der Waals surface area contributed by atoms with Gasteiger partial charge in [-0.3, -0.25) is 0 Å². The number of hydrogen-bond donors (Lipinski definition) is 1. The van der Waals surface area contributed by atoms with E-state index in [1.807, 2.05) is 18.3 Å². The molecule has 0 fully saturated rings. The Morgan fingerprint density at radius 1 is 1.40 bits per heavy atom. The molecule has 1 rings (SSSR count). The first-order valence-corrected chi connectivity index (χ1v) is 5.63. The van der Waals surface area contributed by atoms with Crippen molar-refractivity contribution in [3.63, 3.8) is 0 Å². The van der Waals surface area contributed by atoms with Gasteiger partial charge in [0.2, 0.25) is 0 Å². The highest BCUT2D eigenvalue weighted by atomic mass is 16.5. The number of rotatable bonds is 7. The Balaban J connectivity index is 2.36. The molecule has 0 radical (unpaired) electrons. The lowest BCUT2D eigenvalue weighted by Gasteiger charge is -2.06. The van der Waals surface area contributed by atoms with Gasteiger partial charge in [-0.1, -0.05) is 13.3 Å². The molecule has 0 aliphatic rings. The average Bonchev–Trinajstić information content (AvgIpc) is 2.26. The Bertz CT molecular complexity index is 276. The van der Waals surface area contributed by atoms with Gasteiger partial charge in [0.15, 0.2) is 0 Å². The largest absolute Gasteiger partial charge is 0.377 e. The normalized spacial score (nSPS) is 10.3. The first-order valence-electron chi connectivity index (χ1n) is 5.63. The van der Waals surface area contributed by atoms with Crippen molar-refractivity contribution >= 4 is 5.82 Å². The van der Waals surface area contributed by atoms with E-state index in [1.165, 1.54) is 12.0 Å². The number of unbranched alkanes of at least 4 members (excludes halogenated alkanes) is 1. The average molecular weight is 208 g/mol. The second kappa shape index (κ2) is 7.23. The van der Waals surface area contributed by atoms with Crippen LogP contribution >= 0.6 is 0 Å². The first kappa shape index (κ1) is 12.0. The van der Waals surface area contributed by atoms with Gasteiger partial charge in [-0.2, -0.15) is 0 Å². The molecular formula is C12H20N2O. The molecule has 0 atom stereocenters. The molecule has 0 saturated carbocycles. The number of hydrogen-bond acceptors (Lipinski definition) is 3. The summed E-state index contributed by atoms with van der Waals surface area (Å²) in [6, 6.07) is 4.03. The highest BCUT2D eigenvalue weighted by molar-refractivity contribution is 5.36. The van der Waals surface area contributed by atoms with Crippen LogP contribution in [0.5, 0.6) is 0 Å². The Morgan fingerprint density at radius 2 is 2.27 bits per heavy atom. The van der Waals surface area contributed by atoms with Crippen LogP contribution in [0.3, 0.4) is 0 Å². The van der Waals surface area contributed by atoms with Gasteiger partial charge in [0, 0.05) is 19.3 Å². The van der Waals surface area contributed by atoms with Crippen molar-refractivity contribution in [2.24, 2.45) is 0 Å². The highest BCUT2D eigenvalue weighted by Gasteiger charge is 1.96. The molecule has 3 heteroatoms. The number of nitrogens with zero attached hydrogens (tertiary/aromatic N) is 1. The van der Waals surface area contributed by atoms with Gasteiger partial charge in [-0.15, -0.1) is 0 Å². The second-order valence-electron chi connectivity index (χ2n) is 3.49. The maximum absolute atomic E-state index is 5.54. The van der Waals surface area contributed by atoms with Gasteiger partial charge in [0.1, 0.15) is 5.82 Å². The minimum atomic E-state index is 0.681. The summed E-state index contributed by atoms with van der Waals surface area (Å²) in [6.45, 7) is 6.65. The zero-order valence-corrected chi connectivity index (χ0v) is 9.62. The molecule has 0 amide bonds. The van der Waals surface area contributed by atoms with Crippen LogP contribution in [-0.2, 0) is 11.3 Å². The van der Waals surface area contributed by atoms with Crippen LogP contribution in [0.25, 0.3) is 0 Å². The summed E-state index contributed by atoms with van der Waals surface area (Å²) in [5, 5.41) is 3.18. The molecule has 84 valence electrons. The minimum Gasteiger partial charge on any atom is -0.377 e. The fraction of sp³-hybridized carbons (Fsp3) is 0.583. The van der Waals surface area contributed by atoms with E-state index < -0.39 is 0 Å². The zero-order valence-electron chi connectivity index (χ0n) is 9.62. The van der Waals surface area contributed by atoms with Crippen LogP contribution in [0.15, 0.2) is 18.3 Å². The van der Waals surface area contributed by atoms with Crippen molar-refractivity contribution in [2.45, 2.75) is 33.3 Å². The third-order valence-corrected chi connectivity index (χ3v) is 2.09. The van der Waals surface area contributed by atoms with Crippen molar-refractivity contribution in [1.29, 1.82) is 0 Å². The molecule has 1 aromatic heterocycles. The Hall–Kier alpha value is -1.09. The van der Waals surface area contributed by atoms with Gasteiger partial charge in [0.25, 0.3) is 0 Å². The summed E-state index contributed by atoms with van der Waals surface area (Å²) in [4.78, 5) is 4.21. The summed E-state index contributed by atoms with van der Waals surface area (Å²) in [5.41, 5.74) is 1.18. The van der Waals surface area contributed by atoms with Crippen molar-refractivity contribution in [3.8, 4) is 0 Å². The van der Waals surface area contributed by atoms with Crippen molar-refractivity contribution in [2.75, 3.05) is 18.5 Å². The zero-order chi connectivity index (χ0) is 10.9. The third-order valence-electron chi connectivity index (χ3n) is 2.09. The highest BCUT2D eigenvalue weighted by Crippen LogP contribution is 2.07. The van der Waals surface area contributed by atoms with Crippen molar-refractivity contribution in [3.05, 3.63) is 23.9 Å². The predicted molar refractivity (Wildman–Crippen MR) is 63.0 cm³/mol. The molecule has 0 aromatic carbocycles. The monoisotopic (exact) mass is 208 g/mol. The minimum absolute atomic E-state index is 0.681. The lowest BCUT2D eigenvalue weighted by molar-refractivity contribution is 0.118. The molecule has 3 nitrogen and oxygen atoms in total. The molecule has 0 spiro atoms. The Kier molecular flexibility index (Phi) is 5.78. The molecule has 0 aliphatic heterocycles. The fourth-order valence-corrected chi connectivity index (χ4v) is 1.28. The number of nitrogens with one attached hydrogen (secondary N) is 1. The SMILES string of the molecule is CCCCOCc1ccnc(NCC)c1. The fourth-order valence-electron chi connectivity index (χ4n) is 1.28. The van der Waals surface area contributed by atoms with Crippen LogP contribution in [0, 0.1) is 0 Å². The van der Waals surface area contributed by atoms with Crippen LogP contribution < -0.4 is 5.32 Å². The van der Waals surface area contributed by atoms with Crippen LogP contribution in [0.4, 0.5) is 5.82 Å². The van der Waals surface area contributed by atoms with Crippen LogP contribution in [0.1, 0.15) is 32.3 Å². The Morgan fingerprint density at radius 3 is 3.00 bits per heavy atom. The van der Waals surface area contributed by atoms with E-state index >= 15 is 0 Å². The summed E-state index contributed by atoms with van der Waals surface area (Å²) in [7, 11) is 0. The van der Waals surface area contributed by atoms with E-state index in [2.05, 4.69) is 24.1 Å². The van der Waals surface area contributed by atoms with E-state index in [1.54, 1.807) is 0 Å². The van der Waals surface area contributed by atoms with Crippen LogP contribution in [-0.4, -0.2) is 18.1 Å². The summed E-state index contributed by atoms with van der Waals surface area (Å²) in [5.74, 6) is 0.925. The van der Waals surface area contributed by atoms with E-state index in [9.17, 15) is 0 Å². The summed E-state index contributed by atoms with van der Waals surface area (Å²) >= 11 is 0. The molecule has 0 aliphatic carbocycles. The van der Waals surface area contributed by atoms with Gasteiger partial charge < -0.3 is 10.1 Å². The first-order chi connectivity index (χ1) is 7.36. The van der Waals surface area contributed by atoms with E-state index in [4.69, 9.17) is 4.74 Å². The van der Waals surface area contributed by atoms with Gasteiger partial charge in [-0.05, 0) is 31.0 Å². The number of anilines is 1. The second-order valence-corrected chi connectivity index (χ2v) is 3.49. The van der Waals surface area contributed by atoms with Gasteiger partial charge >= 0.3 is 0 Å². The van der Waals surface area contributed by atoms with E-state index in [0.717, 1.165) is 25.4 Å². The molecular weight excluding hydrogens is 188 g/mol. The maximum Gasteiger partial charge on any atom is 0.126 e. The maximum atomic E-state index is 5.54. The Labute approximate surface area is 91.9 Å². The van der Waals surface area contributed by atoms with E-state index in [0.29, 0.717) is 6.61 Å². The van der Waals surface area contributed by atoms with Crippen molar-refractivity contribution < 1.29 is 4.74 Å². The summed E-state index contributed by atoms with van der Waals surface area (Å²) < 4.78 is 5.54. The molecule has 1 heterocycles. The molecule has 1 aromatic rings. The topological polar surface area (TPSA) is 34.1 Å². The predicted octanol–water partition coefficient (Wildman–Crippen LogP) is 2.83. The lowest BCUT2D eigenvalue weighted by atomic mass is 10.3. The van der Waals surface area contributed by atoms with Crippen LogP contribution in [0.2, 0.25) is 0 Å². The molecule has 0 saturated heterocycles. The number of ether oxygens (including phenoxy) is 1. The third kappa shape index (κ3) is 4.79. The number of aromatic nitrogens is 1.